The Balaban J connectivity index is 1.63. The number of amides is 1. The van der Waals surface area contributed by atoms with Crippen molar-refractivity contribution in [1.82, 2.24) is 4.90 Å². The van der Waals surface area contributed by atoms with Crippen LogP contribution in [0.5, 0.6) is 0 Å². The molecule has 2 atom stereocenters. The van der Waals surface area contributed by atoms with Crippen molar-refractivity contribution in [1.29, 1.82) is 0 Å². The number of hydrogen-bond acceptors (Lipinski definition) is 2. The molecule has 0 spiro atoms. The maximum absolute atomic E-state index is 12.8. The fourth-order valence-electron chi connectivity index (χ4n) is 3.78. The first-order valence-corrected chi connectivity index (χ1v) is 8.34. The van der Waals surface area contributed by atoms with Crippen molar-refractivity contribution < 1.29 is 23.1 Å². The van der Waals surface area contributed by atoms with E-state index in [4.69, 9.17) is 0 Å². The largest absolute Gasteiger partial charge is 0.416 e. The molecule has 0 saturated heterocycles. The van der Waals surface area contributed by atoms with Crippen molar-refractivity contribution in [3.8, 4) is 0 Å². The minimum absolute atomic E-state index is 0.0854. The summed E-state index contributed by atoms with van der Waals surface area (Å²) in [7, 11) is 1.67. The van der Waals surface area contributed by atoms with Gasteiger partial charge in [-0.3, -0.25) is 4.79 Å². The van der Waals surface area contributed by atoms with Crippen LogP contribution in [0.4, 0.5) is 13.2 Å². The molecule has 2 saturated carbocycles. The molecule has 6 heteroatoms. The highest BCUT2D eigenvalue weighted by Gasteiger charge is 2.47. The molecule has 0 radical (unpaired) electrons. The lowest BCUT2D eigenvalue weighted by atomic mass is 10.0. The van der Waals surface area contributed by atoms with Gasteiger partial charge < -0.3 is 10.0 Å². The van der Waals surface area contributed by atoms with Crippen LogP contribution >= 0.6 is 0 Å². The van der Waals surface area contributed by atoms with Gasteiger partial charge in [0, 0.05) is 19.5 Å². The summed E-state index contributed by atoms with van der Waals surface area (Å²) >= 11 is 0. The molecule has 2 fully saturated rings. The maximum atomic E-state index is 12.8. The van der Waals surface area contributed by atoms with E-state index in [9.17, 15) is 23.1 Å². The molecule has 3 nitrogen and oxygen atoms in total. The summed E-state index contributed by atoms with van der Waals surface area (Å²) in [6.07, 6.45) is -0.460. The highest BCUT2D eigenvalue weighted by atomic mass is 19.4. The third kappa shape index (κ3) is 3.58. The van der Waals surface area contributed by atoms with Crippen molar-refractivity contribution in [2.45, 2.75) is 49.8 Å². The van der Waals surface area contributed by atoms with Gasteiger partial charge in [0.25, 0.3) is 0 Å². The summed E-state index contributed by atoms with van der Waals surface area (Å²) in [5.41, 5.74) is -0.909. The zero-order valence-electron chi connectivity index (χ0n) is 13.6. The van der Waals surface area contributed by atoms with E-state index in [2.05, 4.69) is 0 Å². The minimum atomic E-state index is -4.37. The Morgan fingerprint density at radius 2 is 2.00 bits per heavy atom. The summed E-state index contributed by atoms with van der Waals surface area (Å²) < 4.78 is 38.4. The minimum Gasteiger partial charge on any atom is -0.388 e. The Labute approximate surface area is 139 Å². The Morgan fingerprint density at radius 1 is 1.33 bits per heavy atom. The van der Waals surface area contributed by atoms with E-state index >= 15 is 0 Å². The van der Waals surface area contributed by atoms with Crippen LogP contribution in [-0.4, -0.2) is 35.1 Å². The molecule has 2 aliphatic carbocycles. The third-order valence-electron chi connectivity index (χ3n) is 5.19. The number of benzene rings is 1. The first kappa shape index (κ1) is 17.3. The van der Waals surface area contributed by atoms with Gasteiger partial charge >= 0.3 is 6.18 Å². The number of carbonyl (C=O) groups excluding carboxylic acids is 1. The Morgan fingerprint density at radius 3 is 2.62 bits per heavy atom. The third-order valence-corrected chi connectivity index (χ3v) is 5.19. The molecule has 2 aliphatic rings. The summed E-state index contributed by atoms with van der Waals surface area (Å²) in [6.45, 7) is 0.303. The molecule has 3 rings (SSSR count). The monoisotopic (exact) mass is 341 g/mol. The smallest absolute Gasteiger partial charge is 0.388 e. The van der Waals surface area contributed by atoms with Crippen LogP contribution in [-0.2, 0) is 11.0 Å². The standard InChI is InChI=1S/C18H22F3NO2/c1-22(11-17(24)7-2-3-8-17)16(23)15-10-14(15)12-5-4-6-13(9-12)18(19,20)21/h4-6,9,14-15,24H,2-3,7-8,10-11H2,1H3. The second-order valence-corrected chi connectivity index (χ2v) is 7.20. The van der Waals surface area contributed by atoms with E-state index < -0.39 is 17.3 Å². The number of aliphatic hydroxyl groups is 1. The van der Waals surface area contributed by atoms with E-state index in [0.29, 0.717) is 31.4 Å². The average molecular weight is 341 g/mol. The maximum Gasteiger partial charge on any atom is 0.416 e. The lowest BCUT2D eigenvalue weighted by Crippen LogP contribution is -2.42. The van der Waals surface area contributed by atoms with Gasteiger partial charge in [-0.05, 0) is 36.8 Å². The highest BCUT2D eigenvalue weighted by molar-refractivity contribution is 5.83. The summed E-state index contributed by atoms with van der Waals surface area (Å²) in [6, 6.07) is 5.23. The summed E-state index contributed by atoms with van der Waals surface area (Å²) in [5, 5.41) is 10.4. The molecule has 0 aliphatic heterocycles. The number of carbonyl (C=O) groups is 1. The van der Waals surface area contributed by atoms with Crippen LogP contribution in [0, 0.1) is 5.92 Å². The van der Waals surface area contributed by atoms with Gasteiger partial charge in [0.2, 0.25) is 5.91 Å². The van der Waals surface area contributed by atoms with E-state index in [1.807, 2.05) is 0 Å². The molecule has 2 unspecified atom stereocenters. The number of likely N-dealkylation sites (N-methyl/N-ethyl adjacent to an activating group) is 1. The van der Waals surface area contributed by atoms with Crippen LogP contribution in [0.15, 0.2) is 24.3 Å². The Kier molecular flexibility index (Phi) is 4.36. The predicted molar refractivity (Wildman–Crippen MR) is 83.3 cm³/mol. The van der Waals surface area contributed by atoms with Crippen molar-refractivity contribution >= 4 is 5.91 Å². The number of alkyl halides is 3. The number of nitrogens with zero attached hydrogens (tertiary/aromatic N) is 1. The van der Waals surface area contributed by atoms with E-state index in [-0.39, 0.29) is 17.7 Å². The van der Waals surface area contributed by atoms with Crippen LogP contribution in [0.25, 0.3) is 0 Å². The van der Waals surface area contributed by atoms with Gasteiger partial charge in [0.15, 0.2) is 0 Å². The molecule has 0 aromatic heterocycles. The molecule has 1 N–H and O–H groups in total. The molecular formula is C18H22F3NO2. The van der Waals surface area contributed by atoms with Crippen LogP contribution in [0.3, 0.4) is 0 Å². The van der Waals surface area contributed by atoms with E-state index in [1.165, 1.54) is 6.07 Å². The van der Waals surface area contributed by atoms with Crippen molar-refractivity contribution in [3.63, 3.8) is 0 Å². The quantitative estimate of drug-likeness (QED) is 0.909. The molecule has 1 amide bonds. The lowest BCUT2D eigenvalue weighted by Gasteiger charge is -2.28. The normalized spacial score (nSPS) is 25.5. The molecule has 24 heavy (non-hydrogen) atoms. The Bertz CT molecular complexity index is 623. The van der Waals surface area contributed by atoms with Gasteiger partial charge in [-0.25, -0.2) is 0 Å². The first-order valence-electron chi connectivity index (χ1n) is 8.34. The molecule has 1 aromatic rings. The van der Waals surface area contributed by atoms with Crippen molar-refractivity contribution in [2.24, 2.45) is 5.92 Å². The van der Waals surface area contributed by atoms with E-state index in [1.54, 1.807) is 18.0 Å². The van der Waals surface area contributed by atoms with Gasteiger partial charge in [0.1, 0.15) is 0 Å². The average Bonchev–Trinajstić information content (AvgIpc) is 3.21. The van der Waals surface area contributed by atoms with Gasteiger partial charge in [-0.15, -0.1) is 0 Å². The molecule has 0 heterocycles. The van der Waals surface area contributed by atoms with Gasteiger partial charge in [-0.1, -0.05) is 31.0 Å². The van der Waals surface area contributed by atoms with Gasteiger partial charge in [0.05, 0.1) is 11.2 Å². The zero-order valence-corrected chi connectivity index (χ0v) is 13.6. The SMILES string of the molecule is CN(CC1(O)CCCC1)C(=O)C1CC1c1cccc(C(F)(F)F)c1. The fraction of sp³-hybridized carbons (Fsp3) is 0.611. The number of hydrogen-bond donors (Lipinski definition) is 1. The second kappa shape index (κ2) is 6.06. The predicted octanol–water partition coefficient (Wildman–Crippen LogP) is 3.57. The number of halogens is 3. The second-order valence-electron chi connectivity index (χ2n) is 7.20. The summed E-state index contributed by atoms with van der Waals surface area (Å²) in [5.74, 6) is -0.512. The van der Waals surface area contributed by atoms with Crippen LogP contribution in [0.1, 0.15) is 49.1 Å². The molecule has 0 bridgehead atoms. The molecular weight excluding hydrogens is 319 g/mol. The lowest BCUT2D eigenvalue weighted by molar-refractivity contribution is -0.137. The number of rotatable bonds is 4. The zero-order chi connectivity index (χ0) is 17.5. The highest BCUT2D eigenvalue weighted by Crippen LogP contribution is 2.49. The van der Waals surface area contributed by atoms with Gasteiger partial charge in [-0.2, -0.15) is 13.2 Å². The first-order chi connectivity index (χ1) is 11.2. The van der Waals surface area contributed by atoms with E-state index in [0.717, 1.165) is 25.0 Å². The molecule has 132 valence electrons. The molecule has 1 aromatic carbocycles. The van der Waals surface area contributed by atoms with Crippen molar-refractivity contribution in [3.05, 3.63) is 35.4 Å². The van der Waals surface area contributed by atoms with Crippen LogP contribution < -0.4 is 0 Å². The fourth-order valence-corrected chi connectivity index (χ4v) is 3.78. The Hall–Kier alpha value is -1.56. The summed E-state index contributed by atoms with van der Waals surface area (Å²) in [4.78, 5) is 14.0. The van der Waals surface area contributed by atoms with Crippen LogP contribution in [0.2, 0.25) is 0 Å². The topological polar surface area (TPSA) is 40.5 Å². The van der Waals surface area contributed by atoms with Crippen molar-refractivity contribution in [2.75, 3.05) is 13.6 Å².